The van der Waals surface area contributed by atoms with Crippen LogP contribution in [0.1, 0.15) is 30.3 Å². The fraction of sp³-hybridized carbons (Fsp3) is 0.389. The number of carbonyl (C=O) groups is 1. The third kappa shape index (κ3) is 4.20. The maximum atomic E-state index is 12.6. The van der Waals surface area contributed by atoms with E-state index >= 15 is 0 Å². The fourth-order valence-corrected chi connectivity index (χ4v) is 3.07. The topological polar surface area (TPSA) is 67.3 Å². The number of hydrogen-bond donors (Lipinski definition) is 1. The van der Waals surface area contributed by atoms with Crippen LogP contribution in [-0.2, 0) is 0 Å². The van der Waals surface area contributed by atoms with Crippen LogP contribution in [0.15, 0.2) is 30.6 Å². The van der Waals surface area contributed by atoms with E-state index in [1.165, 1.54) is 6.33 Å². The Morgan fingerprint density at radius 3 is 2.72 bits per heavy atom. The largest absolute Gasteiger partial charge is 0.495 e. The van der Waals surface area contributed by atoms with E-state index < -0.39 is 0 Å². The summed E-state index contributed by atoms with van der Waals surface area (Å²) in [5, 5.41) is 3.64. The number of rotatable bonds is 4. The van der Waals surface area contributed by atoms with Gasteiger partial charge < -0.3 is 15.0 Å². The SMILES string of the molecule is COc1ccc(Nc2cc(C(=O)N3CCC(C)CC3)ncn2)cc1Cl. The summed E-state index contributed by atoms with van der Waals surface area (Å²) in [7, 11) is 1.57. The molecule has 0 bridgehead atoms. The van der Waals surface area contributed by atoms with Gasteiger partial charge in [-0.15, -0.1) is 0 Å². The highest BCUT2D eigenvalue weighted by molar-refractivity contribution is 6.32. The van der Waals surface area contributed by atoms with E-state index in [0.717, 1.165) is 31.6 Å². The van der Waals surface area contributed by atoms with Crippen LogP contribution in [0.25, 0.3) is 0 Å². The van der Waals surface area contributed by atoms with Crippen molar-refractivity contribution in [1.82, 2.24) is 14.9 Å². The highest BCUT2D eigenvalue weighted by Crippen LogP contribution is 2.28. The quantitative estimate of drug-likeness (QED) is 0.899. The molecule has 1 amide bonds. The van der Waals surface area contributed by atoms with Crippen molar-refractivity contribution in [3.8, 4) is 5.75 Å². The van der Waals surface area contributed by atoms with Crippen LogP contribution in [0.4, 0.5) is 11.5 Å². The third-order valence-electron chi connectivity index (χ3n) is 4.38. The molecule has 1 aromatic carbocycles. The molecule has 1 aliphatic rings. The third-order valence-corrected chi connectivity index (χ3v) is 4.68. The summed E-state index contributed by atoms with van der Waals surface area (Å²) < 4.78 is 5.14. The Kier molecular flexibility index (Phi) is 5.38. The van der Waals surface area contributed by atoms with Gasteiger partial charge in [0, 0.05) is 24.8 Å². The number of hydrogen-bond acceptors (Lipinski definition) is 5. The Morgan fingerprint density at radius 2 is 2.04 bits per heavy atom. The molecule has 7 heteroatoms. The monoisotopic (exact) mass is 360 g/mol. The van der Waals surface area contributed by atoms with E-state index in [1.807, 2.05) is 11.0 Å². The Balaban J connectivity index is 1.73. The Bertz CT molecular complexity index is 760. The Hall–Kier alpha value is -2.34. The molecule has 0 radical (unpaired) electrons. The Morgan fingerprint density at radius 1 is 1.28 bits per heavy atom. The van der Waals surface area contributed by atoms with Gasteiger partial charge in [0.25, 0.3) is 5.91 Å². The molecule has 1 N–H and O–H groups in total. The second kappa shape index (κ2) is 7.70. The number of aromatic nitrogens is 2. The first-order chi connectivity index (χ1) is 12.1. The summed E-state index contributed by atoms with van der Waals surface area (Å²) in [4.78, 5) is 22.8. The number of amides is 1. The van der Waals surface area contributed by atoms with E-state index in [0.29, 0.717) is 28.2 Å². The van der Waals surface area contributed by atoms with Gasteiger partial charge in [-0.05, 0) is 37.0 Å². The number of likely N-dealkylation sites (tertiary alicyclic amines) is 1. The van der Waals surface area contributed by atoms with Crippen LogP contribution < -0.4 is 10.1 Å². The molecule has 0 atom stereocenters. The van der Waals surface area contributed by atoms with E-state index in [2.05, 4.69) is 22.2 Å². The molecule has 2 heterocycles. The molecular weight excluding hydrogens is 340 g/mol. The molecule has 2 aromatic rings. The number of benzene rings is 1. The van der Waals surface area contributed by atoms with Crippen LogP contribution in [0.2, 0.25) is 5.02 Å². The minimum Gasteiger partial charge on any atom is -0.495 e. The molecule has 6 nitrogen and oxygen atoms in total. The van der Waals surface area contributed by atoms with Crippen LogP contribution >= 0.6 is 11.6 Å². The van der Waals surface area contributed by atoms with E-state index in [9.17, 15) is 4.79 Å². The average Bonchev–Trinajstić information content (AvgIpc) is 2.62. The number of anilines is 2. The van der Waals surface area contributed by atoms with Crippen LogP contribution in [-0.4, -0.2) is 41.0 Å². The van der Waals surface area contributed by atoms with Crippen molar-refractivity contribution in [2.75, 3.05) is 25.5 Å². The number of ether oxygens (including phenoxy) is 1. The number of nitrogens with one attached hydrogen (secondary N) is 1. The van der Waals surface area contributed by atoms with Gasteiger partial charge in [-0.3, -0.25) is 4.79 Å². The minimum absolute atomic E-state index is 0.0508. The first-order valence-corrected chi connectivity index (χ1v) is 8.66. The normalized spacial score (nSPS) is 15.1. The first kappa shape index (κ1) is 17.5. The lowest BCUT2D eigenvalue weighted by atomic mass is 9.99. The summed E-state index contributed by atoms with van der Waals surface area (Å²) in [6.45, 7) is 3.77. The smallest absolute Gasteiger partial charge is 0.272 e. The molecule has 132 valence electrons. The number of methoxy groups -OCH3 is 1. The van der Waals surface area contributed by atoms with Gasteiger partial charge in [-0.1, -0.05) is 18.5 Å². The zero-order valence-electron chi connectivity index (χ0n) is 14.3. The Labute approximate surface area is 152 Å². The number of piperidine rings is 1. The van der Waals surface area contributed by atoms with E-state index in [4.69, 9.17) is 16.3 Å². The van der Waals surface area contributed by atoms with E-state index in [-0.39, 0.29) is 5.91 Å². The number of carbonyl (C=O) groups excluding carboxylic acids is 1. The molecule has 3 rings (SSSR count). The lowest BCUT2D eigenvalue weighted by Gasteiger charge is -2.30. The molecule has 0 spiro atoms. The maximum Gasteiger partial charge on any atom is 0.272 e. The highest BCUT2D eigenvalue weighted by Gasteiger charge is 2.22. The lowest BCUT2D eigenvalue weighted by Crippen LogP contribution is -2.38. The zero-order valence-corrected chi connectivity index (χ0v) is 15.1. The van der Waals surface area contributed by atoms with Crippen molar-refractivity contribution < 1.29 is 9.53 Å². The fourth-order valence-electron chi connectivity index (χ4n) is 2.81. The molecule has 1 saturated heterocycles. The number of halogens is 1. The maximum absolute atomic E-state index is 12.6. The van der Waals surface area contributed by atoms with Crippen molar-refractivity contribution in [3.63, 3.8) is 0 Å². The molecule has 1 aromatic heterocycles. The van der Waals surface area contributed by atoms with Gasteiger partial charge >= 0.3 is 0 Å². The standard InChI is InChI=1S/C18H21ClN4O2/c1-12-5-7-23(8-6-12)18(24)15-10-17(21-11-20-15)22-13-3-4-16(25-2)14(19)9-13/h3-4,9-12H,5-8H2,1-2H3,(H,20,21,22). The molecule has 0 saturated carbocycles. The summed E-state index contributed by atoms with van der Waals surface area (Å²) in [6, 6.07) is 7.02. The first-order valence-electron chi connectivity index (χ1n) is 8.28. The van der Waals surface area contributed by atoms with Gasteiger partial charge in [-0.25, -0.2) is 9.97 Å². The van der Waals surface area contributed by atoms with Crippen molar-refractivity contribution >= 4 is 29.0 Å². The van der Waals surface area contributed by atoms with Gasteiger partial charge in [0.15, 0.2) is 0 Å². The summed E-state index contributed by atoms with van der Waals surface area (Å²) in [5.74, 6) is 1.77. The molecule has 1 fully saturated rings. The predicted molar refractivity (Wildman–Crippen MR) is 97.6 cm³/mol. The lowest BCUT2D eigenvalue weighted by molar-refractivity contribution is 0.0691. The zero-order chi connectivity index (χ0) is 17.8. The second-order valence-corrected chi connectivity index (χ2v) is 6.64. The van der Waals surface area contributed by atoms with Gasteiger partial charge in [-0.2, -0.15) is 0 Å². The summed E-state index contributed by atoms with van der Waals surface area (Å²) >= 11 is 6.13. The van der Waals surface area contributed by atoms with Gasteiger partial charge in [0.05, 0.1) is 12.1 Å². The molecule has 25 heavy (non-hydrogen) atoms. The van der Waals surface area contributed by atoms with Crippen molar-refractivity contribution in [3.05, 3.63) is 41.3 Å². The predicted octanol–water partition coefficient (Wildman–Crippen LogP) is 3.75. The van der Waals surface area contributed by atoms with E-state index in [1.54, 1.807) is 25.3 Å². The summed E-state index contributed by atoms with van der Waals surface area (Å²) in [5.41, 5.74) is 1.15. The molecule has 0 aliphatic carbocycles. The average molecular weight is 361 g/mol. The molecule has 1 aliphatic heterocycles. The highest BCUT2D eigenvalue weighted by atomic mass is 35.5. The summed E-state index contributed by atoms with van der Waals surface area (Å²) in [6.07, 6.45) is 3.46. The van der Waals surface area contributed by atoms with Crippen molar-refractivity contribution in [2.24, 2.45) is 5.92 Å². The van der Waals surface area contributed by atoms with Crippen molar-refractivity contribution in [1.29, 1.82) is 0 Å². The van der Waals surface area contributed by atoms with Crippen LogP contribution in [0, 0.1) is 5.92 Å². The molecular formula is C18H21ClN4O2. The second-order valence-electron chi connectivity index (χ2n) is 6.24. The van der Waals surface area contributed by atoms with Crippen molar-refractivity contribution in [2.45, 2.75) is 19.8 Å². The van der Waals surface area contributed by atoms with Crippen LogP contribution in [0.5, 0.6) is 5.75 Å². The van der Waals surface area contributed by atoms with Gasteiger partial charge in [0.1, 0.15) is 23.6 Å². The number of nitrogens with zero attached hydrogens (tertiary/aromatic N) is 3. The molecule has 0 unspecified atom stereocenters. The minimum atomic E-state index is -0.0508. The van der Waals surface area contributed by atoms with Crippen LogP contribution in [0.3, 0.4) is 0 Å². The van der Waals surface area contributed by atoms with Gasteiger partial charge in [0.2, 0.25) is 0 Å².